The molecule has 26 heavy (non-hydrogen) atoms. The van der Waals surface area contributed by atoms with Gasteiger partial charge in [-0.1, -0.05) is 41.4 Å². The number of hydrogen-bond donors (Lipinski definition) is 0. The third kappa shape index (κ3) is 4.07. The maximum Gasteiger partial charge on any atom is 0.345 e. The van der Waals surface area contributed by atoms with Crippen molar-refractivity contribution in [3.63, 3.8) is 0 Å². The van der Waals surface area contributed by atoms with Gasteiger partial charge in [0.1, 0.15) is 17.2 Å². The van der Waals surface area contributed by atoms with Crippen LogP contribution < -0.4 is 0 Å². The molecule has 0 N–H and O–H groups in total. The smallest absolute Gasteiger partial charge is 0.345 e. The molecule has 0 amide bonds. The summed E-state index contributed by atoms with van der Waals surface area (Å²) in [6, 6.07) is 11.7. The molecule has 1 aromatic heterocycles. The molecule has 0 saturated carbocycles. The SMILES string of the molecule is Cc1ccc(-c2nc(COC(=O)c3cc(Cl)ccc3[N+](=O)[O-])cs2)cc1. The first-order valence-corrected chi connectivity index (χ1v) is 8.82. The van der Waals surface area contributed by atoms with Gasteiger partial charge in [0.05, 0.1) is 10.6 Å². The zero-order chi connectivity index (χ0) is 18.7. The Bertz CT molecular complexity index is 970. The standard InChI is InChI=1S/C18H13ClN2O4S/c1-11-2-4-12(5-3-11)17-20-14(10-26-17)9-25-18(22)15-8-13(19)6-7-16(15)21(23)24/h2-8,10H,9H2,1H3. The van der Waals surface area contributed by atoms with Gasteiger partial charge in [0, 0.05) is 22.0 Å². The summed E-state index contributed by atoms with van der Waals surface area (Å²) in [7, 11) is 0. The van der Waals surface area contributed by atoms with E-state index in [9.17, 15) is 14.9 Å². The lowest BCUT2D eigenvalue weighted by Gasteiger charge is -2.04. The molecule has 6 nitrogen and oxygen atoms in total. The fraction of sp³-hybridized carbons (Fsp3) is 0.111. The Labute approximate surface area is 158 Å². The van der Waals surface area contributed by atoms with Crippen molar-refractivity contribution in [1.82, 2.24) is 4.98 Å². The maximum atomic E-state index is 12.2. The minimum Gasteiger partial charge on any atom is -0.455 e. The molecule has 2 aromatic carbocycles. The second-order valence-electron chi connectivity index (χ2n) is 5.50. The van der Waals surface area contributed by atoms with E-state index in [2.05, 4.69) is 4.98 Å². The van der Waals surface area contributed by atoms with Gasteiger partial charge in [-0.3, -0.25) is 10.1 Å². The molecule has 1 heterocycles. The van der Waals surface area contributed by atoms with E-state index in [1.165, 1.54) is 29.5 Å². The summed E-state index contributed by atoms with van der Waals surface area (Å²) in [5.41, 5.74) is 2.17. The van der Waals surface area contributed by atoms with Gasteiger partial charge in [-0.2, -0.15) is 0 Å². The Hall–Kier alpha value is -2.77. The van der Waals surface area contributed by atoms with Gasteiger partial charge in [-0.25, -0.2) is 9.78 Å². The van der Waals surface area contributed by atoms with E-state index in [1.54, 1.807) is 5.38 Å². The van der Waals surface area contributed by atoms with Crippen LogP contribution in [0.3, 0.4) is 0 Å². The molecule has 0 aliphatic heterocycles. The van der Waals surface area contributed by atoms with Crippen LogP contribution in [0, 0.1) is 17.0 Å². The van der Waals surface area contributed by atoms with Gasteiger partial charge in [-0.05, 0) is 19.1 Å². The minimum atomic E-state index is -0.816. The monoisotopic (exact) mass is 388 g/mol. The molecular weight excluding hydrogens is 376 g/mol. The number of ether oxygens (including phenoxy) is 1. The first-order valence-electron chi connectivity index (χ1n) is 7.56. The second kappa shape index (κ2) is 7.63. The molecule has 0 saturated heterocycles. The van der Waals surface area contributed by atoms with Crippen LogP contribution in [0.15, 0.2) is 47.8 Å². The fourth-order valence-corrected chi connectivity index (χ4v) is 3.23. The van der Waals surface area contributed by atoms with Crippen molar-refractivity contribution in [2.75, 3.05) is 0 Å². The van der Waals surface area contributed by atoms with E-state index in [-0.39, 0.29) is 22.9 Å². The molecule has 0 unspecified atom stereocenters. The normalized spacial score (nSPS) is 10.5. The Morgan fingerprint density at radius 2 is 2.00 bits per heavy atom. The highest BCUT2D eigenvalue weighted by atomic mass is 35.5. The second-order valence-corrected chi connectivity index (χ2v) is 6.80. The quantitative estimate of drug-likeness (QED) is 0.347. The van der Waals surface area contributed by atoms with Crippen LogP contribution in [0.1, 0.15) is 21.6 Å². The average Bonchev–Trinajstić information content (AvgIpc) is 3.09. The largest absolute Gasteiger partial charge is 0.455 e. The van der Waals surface area contributed by atoms with Crippen molar-refractivity contribution in [3.05, 3.63) is 79.8 Å². The Morgan fingerprint density at radius 1 is 1.27 bits per heavy atom. The number of carbonyl (C=O) groups is 1. The molecule has 0 radical (unpaired) electrons. The average molecular weight is 389 g/mol. The van der Waals surface area contributed by atoms with E-state index in [0.717, 1.165) is 16.1 Å². The number of aryl methyl sites for hydroxylation is 1. The van der Waals surface area contributed by atoms with Gasteiger partial charge in [0.15, 0.2) is 0 Å². The Balaban J connectivity index is 1.72. The lowest BCUT2D eigenvalue weighted by Crippen LogP contribution is -2.08. The van der Waals surface area contributed by atoms with Gasteiger partial charge in [-0.15, -0.1) is 11.3 Å². The summed E-state index contributed by atoms with van der Waals surface area (Å²) in [6.45, 7) is 1.93. The topological polar surface area (TPSA) is 82.3 Å². The predicted octanol–water partition coefficient (Wildman–Crippen LogP) is 5.04. The third-order valence-electron chi connectivity index (χ3n) is 3.58. The molecule has 132 valence electrons. The number of nitro groups is 1. The van der Waals surface area contributed by atoms with Crippen molar-refractivity contribution in [2.45, 2.75) is 13.5 Å². The van der Waals surface area contributed by atoms with Crippen LogP contribution in [0.4, 0.5) is 5.69 Å². The summed E-state index contributed by atoms with van der Waals surface area (Å²) < 4.78 is 5.17. The number of halogens is 1. The summed E-state index contributed by atoms with van der Waals surface area (Å²) in [5, 5.41) is 13.9. The molecule has 0 spiro atoms. The van der Waals surface area contributed by atoms with Crippen LogP contribution >= 0.6 is 22.9 Å². The van der Waals surface area contributed by atoms with Crippen molar-refractivity contribution in [1.29, 1.82) is 0 Å². The van der Waals surface area contributed by atoms with Crippen LogP contribution in [0.25, 0.3) is 10.6 Å². The Morgan fingerprint density at radius 3 is 2.69 bits per heavy atom. The highest BCUT2D eigenvalue weighted by molar-refractivity contribution is 7.13. The van der Waals surface area contributed by atoms with Gasteiger partial charge in [0.25, 0.3) is 5.69 Å². The number of nitrogens with zero attached hydrogens (tertiary/aromatic N) is 2. The number of benzene rings is 2. The fourth-order valence-electron chi connectivity index (χ4n) is 2.25. The van der Waals surface area contributed by atoms with Gasteiger partial charge >= 0.3 is 5.97 Å². The lowest BCUT2D eigenvalue weighted by molar-refractivity contribution is -0.385. The highest BCUT2D eigenvalue weighted by Crippen LogP contribution is 2.26. The zero-order valence-corrected chi connectivity index (χ0v) is 15.2. The van der Waals surface area contributed by atoms with E-state index >= 15 is 0 Å². The molecule has 0 atom stereocenters. The number of nitro benzene ring substituents is 1. The van der Waals surface area contributed by atoms with Crippen LogP contribution in [-0.2, 0) is 11.3 Å². The molecule has 0 fully saturated rings. The Kier molecular flexibility index (Phi) is 5.29. The van der Waals surface area contributed by atoms with E-state index in [0.29, 0.717) is 5.69 Å². The molecule has 3 rings (SSSR count). The predicted molar refractivity (Wildman–Crippen MR) is 99.5 cm³/mol. The molecule has 0 aliphatic carbocycles. The summed E-state index contributed by atoms with van der Waals surface area (Å²) in [4.78, 5) is 27.0. The minimum absolute atomic E-state index is 0.0785. The van der Waals surface area contributed by atoms with Crippen molar-refractivity contribution < 1.29 is 14.5 Å². The van der Waals surface area contributed by atoms with Crippen molar-refractivity contribution in [3.8, 4) is 10.6 Å². The van der Waals surface area contributed by atoms with E-state index in [4.69, 9.17) is 16.3 Å². The summed E-state index contributed by atoms with van der Waals surface area (Å²) >= 11 is 7.26. The van der Waals surface area contributed by atoms with Gasteiger partial charge in [0.2, 0.25) is 0 Å². The number of aromatic nitrogens is 1. The lowest BCUT2D eigenvalue weighted by atomic mass is 10.2. The molecular formula is C18H13ClN2O4S. The molecule has 0 aliphatic rings. The highest BCUT2D eigenvalue weighted by Gasteiger charge is 2.22. The third-order valence-corrected chi connectivity index (χ3v) is 4.75. The zero-order valence-electron chi connectivity index (χ0n) is 13.6. The molecule has 0 bridgehead atoms. The first kappa shape index (κ1) is 18.0. The van der Waals surface area contributed by atoms with Crippen molar-refractivity contribution >= 4 is 34.6 Å². The number of thiazole rings is 1. The number of carbonyl (C=O) groups excluding carboxylic acids is 1. The van der Waals surface area contributed by atoms with Crippen LogP contribution in [0.2, 0.25) is 5.02 Å². The van der Waals surface area contributed by atoms with Crippen LogP contribution in [-0.4, -0.2) is 15.9 Å². The van der Waals surface area contributed by atoms with Crippen molar-refractivity contribution in [2.24, 2.45) is 0 Å². The van der Waals surface area contributed by atoms with Gasteiger partial charge < -0.3 is 4.74 Å². The van der Waals surface area contributed by atoms with E-state index < -0.39 is 10.9 Å². The molecule has 3 aromatic rings. The van der Waals surface area contributed by atoms with Crippen LogP contribution in [0.5, 0.6) is 0 Å². The van der Waals surface area contributed by atoms with E-state index in [1.807, 2.05) is 31.2 Å². The number of hydrogen-bond acceptors (Lipinski definition) is 6. The number of rotatable bonds is 5. The summed E-state index contributed by atoms with van der Waals surface area (Å²) in [6.07, 6.45) is 0. The molecule has 8 heteroatoms. The number of esters is 1. The maximum absolute atomic E-state index is 12.2. The summed E-state index contributed by atoms with van der Waals surface area (Å²) in [5.74, 6) is -0.816. The first-order chi connectivity index (χ1) is 12.4.